The summed E-state index contributed by atoms with van der Waals surface area (Å²) in [5.41, 5.74) is 1.20. The molecule has 0 saturated carbocycles. The van der Waals surface area contributed by atoms with Crippen LogP contribution in [0.25, 0.3) is 0 Å². The molecule has 0 aromatic carbocycles. The minimum Gasteiger partial charge on any atom is -0.263 e. The smallest absolute Gasteiger partial charge is 0.0621 e. The maximum absolute atomic E-state index is 6.00. The molecule has 0 bridgehead atoms. The monoisotopic (exact) mass is 261 g/mol. The van der Waals surface area contributed by atoms with Crippen molar-refractivity contribution in [3.05, 3.63) is 29.0 Å². The lowest BCUT2D eigenvalue weighted by Crippen LogP contribution is -2.04. The second-order valence-corrected chi connectivity index (χ2v) is 4.15. The summed E-state index contributed by atoms with van der Waals surface area (Å²) in [5.74, 6) is 0.667. The van der Waals surface area contributed by atoms with Crippen molar-refractivity contribution in [3.8, 4) is 0 Å². The summed E-state index contributed by atoms with van der Waals surface area (Å²) in [7, 11) is 0. The van der Waals surface area contributed by atoms with Gasteiger partial charge >= 0.3 is 0 Å². The number of hydrogen-bond donors (Lipinski definition) is 0. The number of halogens is 2. The normalized spacial score (nSPS) is 12.8. The summed E-state index contributed by atoms with van der Waals surface area (Å²) in [6.07, 6.45) is 5.70. The lowest BCUT2D eigenvalue weighted by atomic mass is 10.00. The second-order valence-electron chi connectivity index (χ2n) is 3.10. The van der Waals surface area contributed by atoms with E-state index in [0.29, 0.717) is 5.92 Å². The molecule has 1 nitrogen and oxygen atoms in total. The van der Waals surface area contributed by atoms with E-state index in [1.165, 1.54) is 12.0 Å². The van der Waals surface area contributed by atoms with Crippen molar-refractivity contribution in [2.45, 2.75) is 19.8 Å². The molecular weight excluding hydrogens is 249 g/mol. The van der Waals surface area contributed by atoms with Crippen molar-refractivity contribution in [2.75, 3.05) is 5.33 Å². The van der Waals surface area contributed by atoms with Gasteiger partial charge in [0.2, 0.25) is 0 Å². The molecule has 1 aromatic rings. The van der Waals surface area contributed by atoms with E-state index in [-0.39, 0.29) is 0 Å². The van der Waals surface area contributed by atoms with Gasteiger partial charge in [-0.25, -0.2) is 0 Å². The molecule has 0 fully saturated rings. The van der Waals surface area contributed by atoms with Gasteiger partial charge in [-0.15, -0.1) is 0 Å². The van der Waals surface area contributed by atoms with Gasteiger partial charge in [0.1, 0.15) is 0 Å². The third-order valence-electron chi connectivity index (χ3n) is 2.16. The molecule has 0 aliphatic heterocycles. The number of hydrogen-bond acceptors (Lipinski definition) is 1. The Bertz CT molecular complexity index is 261. The topological polar surface area (TPSA) is 12.9 Å². The minimum atomic E-state index is 0.667. The molecule has 0 N–H and O–H groups in total. The van der Waals surface area contributed by atoms with E-state index in [1.807, 2.05) is 6.07 Å². The summed E-state index contributed by atoms with van der Waals surface area (Å²) < 4.78 is 0. The summed E-state index contributed by atoms with van der Waals surface area (Å²) in [5, 5.41) is 1.81. The molecule has 1 rings (SSSR count). The lowest BCUT2D eigenvalue weighted by molar-refractivity contribution is 0.573. The zero-order chi connectivity index (χ0) is 9.68. The van der Waals surface area contributed by atoms with Crippen LogP contribution >= 0.6 is 27.5 Å². The van der Waals surface area contributed by atoms with E-state index in [1.54, 1.807) is 12.4 Å². The van der Waals surface area contributed by atoms with E-state index >= 15 is 0 Å². The third kappa shape index (κ3) is 3.28. The highest BCUT2D eigenvalue weighted by Gasteiger charge is 2.07. The Morgan fingerprint density at radius 2 is 2.38 bits per heavy atom. The predicted molar refractivity (Wildman–Crippen MR) is 60.5 cm³/mol. The van der Waals surface area contributed by atoms with Crippen LogP contribution in [0.3, 0.4) is 0 Å². The van der Waals surface area contributed by atoms with Crippen molar-refractivity contribution in [1.82, 2.24) is 4.98 Å². The first-order valence-electron chi connectivity index (χ1n) is 4.42. The molecule has 0 saturated heterocycles. The van der Waals surface area contributed by atoms with E-state index in [4.69, 9.17) is 11.6 Å². The molecule has 1 atom stereocenters. The fraction of sp³-hybridized carbons (Fsp3) is 0.500. The molecule has 1 heterocycles. The van der Waals surface area contributed by atoms with Gasteiger partial charge in [0.25, 0.3) is 0 Å². The maximum Gasteiger partial charge on any atom is 0.0621 e. The van der Waals surface area contributed by atoms with Crippen molar-refractivity contribution < 1.29 is 0 Å². The average molecular weight is 263 g/mol. The molecule has 1 unspecified atom stereocenters. The van der Waals surface area contributed by atoms with Gasteiger partial charge < -0.3 is 0 Å². The predicted octanol–water partition coefficient (Wildman–Crippen LogP) is 3.70. The fourth-order valence-electron chi connectivity index (χ4n) is 1.19. The van der Waals surface area contributed by atoms with E-state index in [2.05, 4.69) is 27.8 Å². The highest BCUT2D eigenvalue weighted by Crippen LogP contribution is 2.20. The van der Waals surface area contributed by atoms with E-state index < -0.39 is 0 Å². The summed E-state index contributed by atoms with van der Waals surface area (Å²) in [4.78, 5) is 3.96. The van der Waals surface area contributed by atoms with Crippen molar-refractivity contribution in [1.29, 1.82) is 0 Å². The lowest BCUT2D eigenvalue weighted by Gasteiger charge is -2.11. The van der Waals surface area contributed by atoms with Crippen molar-refractivity contribution >= 4 is 27.5 Å². The Labute approximate surface area is 92.6 Å². The van der Waals surface area contributed by atoms with Gasteiger partial charge in [-0.2, -0.15) is 0 Å². The largest absolute Gasteiger partial charge is 0.263 e. The molecule has 72 valence electrons. The van der Waals surface area contributed by atoms with Gasteiger partial charge in [-0.1, -0.05) is 40.9 Å². The number of alkyl halides is 1. The average Bonchev–Trinajstić information content (AvgIpc) is 2.17. The number of aromatic nitrogens is 1. The number of pyridine rings is 1. The van der Waals surface area contributed by atoms with Crippen molar-refractivity contribution in [2.24, 2.45) is 5.92 Å². The SMILES string of the molecule is CCC(CBr)Cc1ccncc1Cl. The molecule has 0 aliphatic carbocycles. The van der Waals surface area contributed by atoms with Crippen LogP contribution in [0.2, 0.25) is 5.02 Å². The molecule has 0 spiro atoms. The summed E-state index contributed by atoms with van der Waals surface area (Å²) >= 11 is 9.50. The molecule has 0 aliphatic rings. The van der Waals surface area contributed by atoms with Crippen LogP contribution < -0.4 is 0 Å². The number of rotatable bonds is 4. The third-order valence-corrected chi connectivity index (χ3v) is 3.42. The quantitative estimate of drug-likeness (QED) is 0.754. The second kappa shape index (κ2) is 5.61. The first kappa shape index (κ1) is 11.0. The molecular formula is C10H13BrClN. The zero-order valence-corrected chi connectivity index (χ0v) is 9.98. The van der Waals surface area contributed by atoms with Crippen molar-refractivity contribution in [3.63, 3.8) is 0 Å². The molecule has 0 amide bonds. The van der Waals surface area contributed by atoms with Gasteiger partial charge in [0, 0.05) is 17.7 Å². The summed E-state index contributed by atoms with van der Waals surface area (Å²) in [6.45, 7) is 2.20. The minimum absolute atomic E-state index is 0.667. The summed E-state index contributed by atoms with van der Waals surface area (Å²) in [6, 6.07) is 1.99. The Morgan fingerprint density at radius 1 is 1.62 bits per heavy atom. The molecule has 0 radical (unpaired) electrons. The number of nitrogens with zero attached hydrogens (tertiary/aromatic N) is 1. The van der Waals surface area contributed by atoms with Crippen LogP contribution in [0, 0.1) is 5.92 Å². The highest BCUT2D eigenvalue weighted by molar-refractivity contribution is 9.09. The van der Waals surface area contributed by atoms with Crippen LogP contribution in [0.4, 0.5) is 0 Å². The van der Waals surface area contributed by atoms with Crippen LogP contribution in [-0.4, -0.2) is 10.3 Å². The first-order valence-corrected chi connectivity index (χ1v) is 5.92. The Kier molecular flexibility index (Phi) is 4.74. The Balaban J connectivity index is 2.67. The molecule has 13 heavy (non-hydrogen) atoms. The van der Waals surface area contributed by atoms with Gasteiger partial charge in [-0.3, -0.25) is 4.98 Å². The van der Waals surface area contributed by atoms with Gasteiger partial charge in [-0.05, 0) is 24.0 Å². The van der Waals surface area contributed by atoms with Crippen LogP contribution in [0.5, 0.6) is 0 Å². The van der Waals surface area contributed by atoms with Crippen LogP contribution in [-0.2, 0) is 6.42 Å². The van der Waals surface area contributed by atoms with Crippen LogP contribution in [0.15, 0.2) is 18.5 Å². The maximum atomic E-state index is 6.00. The Morgan fingerprint density at radius 3 is 2.92 bits per heavy atom. The molecule has 1 aromatic heterocycles. The first-order chi connectivity index (χ1) is 6.27. The van der Waals surface area contributed by atoms with E-state index in [0.717, 1.165) is 16.8 Å². The highest BCUT2D eigenvalue weighted by atomic mass is 79.9. The van der Waals surface area contributed by atoms with Gasteiger partial charge in [0.05, 0.1) is 5.02 Å². The van der Waals surface area contributed by atoms with Gasteiger partial charge in [0.15, 0.2) is 0 Å². The van der Waals surface area contributed by atoms with Crippen LogP contribution in [0.1, 0.15) is 18.9 Å². The zero-order valence-electron chi connectivity index (χ0n) is 7.63. The fourth-order valence-corrected chi connectivity index (χ4v) is 2.07. The molecule has 3 heteroatoms. The Hall–Kier alpha value is -0.0800. The van der Waals surface area contributed by atoms with E-state index in [9.17, 15) is 0 Å². The standard InChI is InChI=1S/C10H13BrClN/c1-2-8(6-11)5-9-3-4-13-7-10(9)12/h3-4,7-8H,2,5-6H2,1H3.